The molecule has 1 saturated heterocycles. The second-order valence-electron chi connectivity index (χ2n) is 5.20. The molecule has 0 aliphatic carbocycles. The molecule has 0 spiro atoms. The summed E-state index contributed by atoms with van der Waals surface area (Å²) in [6.45, 7) is 1.62. The molecular weight excluding hydrogens is 282 g/mol. The summed E-state index contributed by atoms with van der Waals surface area (Å²) in [5, 5.41) is 2.83. The van der Waals surface area contributed by atoms with Crippen LogP contribution >= 0.6 is 0 Å². The Bertz CT molecular complexity index is 603. The zero-order valence-electron chi connectivity index (χ0n) is 12.3. The van der Waals surface area contributed by atoms with Crippen molar-refractivity contribution in [3.63, 3.8) is 0 Å². The average molecular weight is 301 g/mol. The smallest absolute Gasteiger partial charge is 0.255 e. The summed E-state index contributed by atoms with van der Waals surface area (Å²) in [5.74, 6) is 1.11. The van der Waals surface area contributed by atoms with Crippen molar-refractivity contribution in [2.24, 2.45) is 0 Å². The minimum atomic E-state index is -0.181. The fourth-order valence-corrected chi connectivity index (χ4v) is 2.41. The highest BCUT2D eigenvalue weighted by Crippen LogP contribution is 2.20. The lowest BCUT2D eigenvalue weighted by Crippen LogP contribution is -2.24. The van der Waals surface area contributed by atoms with Gasteiger partial charge < -0.3 is 19.2 Å². The molecule has 116 valence electrons. The third kappa shape index (κ3) is 3.68. The van der Waals surface area contributed by atoms with Crippen molar-refractivity contribution < 1.29 is 18.7 Å². The topological polar surface area (TPSA) is 60.7 Å². The Balaban J connectivity index is 1.60. The van der Waals surface area contributed by atoms with Gasteiger partial charge in [0, 0.05) is 6.61 Å². The predicted octanol–water partition coefficient (Wildman–Crippen LogP) is 2.77. The van der Waals surface area contributed by atoms with E-state index in [-0.39, 0.29) is 12.0 Å². The van der Waals surface area contributed by atoms with E-state index >= 15 is 0 Å². The van der Waals surface area contributed by atoms with Gasteiger partial charge in [-0.05, 0) is 37.1 Å². The van der Waals surface area contributed by atoms with Crippen LogP contribution in [0.15, 0.2) is 47.1 Å². The van der Waals surface area contributed by atoms with Crippen LogP contribution in [0.5, 0.6) is 5.75 Å². The van der Waals surface area contributed by atoms with Gasteiger partial charge in [0.2, 0.25) is 0 Å². The first-order chi connectivity index (χ1) is 10.8. The Morgan fingerprint density at radius 1 is 1.27 bits per heavy atom. The number of rotatable bonds is 6. The molecule has 1 fully saturated rings. The molecule has 22 heavy (non-hydrogen) atoms. The van der Waals surface area contributed by atoms with Gasteiger partial charge in [0.05, 0.1) is 24.5 Å². The van der Waals surface area contributed by atoms with E-state index in [1.165, 1.54) is 0 Å². The molecule has 5 nitrogen and oxygen atoms in total. The maximum absolute atomic E-state index is 12.3. The van der Waals surface area contributed by atoms with Crippen LogP contribution in [0.3, 0.4) is 0 Å². The van der Waals surface area contributed by atoms with Crippen molar-refractivity contribution in [3.05, 3.63) is 54.0 Å². The highest BCUT2D eigenvalue weighted by atomic mass is 16.5. The molecule has 0 saturated carbocycles. The highest BCUT2D eigenvalue weighted by Gasteiger charge is 2.18. The summed E-state index contributed by atoms with van der Waals surface area (Å²) in [6, 6.07) is 10.8. The van der Waals surface area contributed by atoms with Crippen LogP contribution in [0, 0.1) is 0 Å². The monoisotopic (exact) mass is 301 g/mol. The normalized spacial score (nSPS) is 17.4. The molecule has 3 rings (SSSR count). The quantitative estimate of drug-likeness (QED) is 0.891. The number of amides is 1. The number of hydrogen-bond acceptors (Lipinski definition) is 4. The predicted molar refractivity (Wildman–Crippen MR) is 80.8 cm³/mol. The van der Waals surface area contributed by atoms with Crippen molar-refractivity contribution in [1.82, 2.24) is 5.32 Å². The van der Waals surface area contributed by atoms with Crippen LogP contribution in [0.1, 0.15) is 29.0 Å². The first-order valence-electron chi connectivity index (χ1n) is 7.47. The van der Waals surface area contributed by atoms with Crippen LogP contribution in [-0.4, -0.2) is 25.2 Å². The van der Waals surface area contributed by atoms with Gasteiger partial charge in [-0.1, -0.05) is 12.1 Å². The van der Waals surface area contributed by atoms with Crippen LogP contribution < -0.4 is 10.1 Å². The van der Waals surface area contributed by atoms with Crippen LogP contribution in [0.2, 0.25) is 0 Å². The minimum absolute atomic E-state index is 0.124. The average Bonchev–Trinajstić information content (AvgIpc) is 3.24. The molecule has 1 atom stereocenters. The minimum Gasteiger partial charge on any atom is -0.490 e. The molecule has 0 bridgehead atoms. The summed E-state index contributed by atoms with van der Waals surface area (Å²) in [5.41, 5.74) is 0.520. The van der Waals surface area contributed by atoms with Crippen LogP contribution in [0.4, 0.5) is 0 Å². The van der Waals surface area contributed by atoms with Crippen molar-refractivity contribution in [2.45, 2.75) is 25.5 Å². The van der Waals surface area contributed by atoms with Gasteiger partial charge in [0.25, 0.3) is 5.91 Å². The number of para-hydroxylation sites is 1. The van der Waals surface area contributed by atoms with Gasteiger partial charge in [-0.2, -0.15) is 0 Å². The molecular formula is C17H19NO4. The first kappa shape index (κ1) is 14.7. The summed E-state index contributed by atoms with van der Waals surface area (Å²) in [6.07, 6.45) is 3.78. The number of carbonyl (C=O) groups is 1. The number of nitrogens with one attached hydrogen (secondary N) is 1. The molecule has 2 aromatic rings. The number of furan rings is 1. The SMILES string of the molecule is O=C(NCc1ccco1)c1ccccc1OCC1CCCO1. The summed E-state index contributed by atoms with van der Waals surface area (Å²) in [4.78, 5) is 12.3. The van der Waals surface area contributed by atoms with E-state index in [4.69, 9.17) is 13.9 Å². The van der Waals surface area contributed by atoms with Crippen LogP contribution in [0.25, 0.3) is 0 Å². The standard InChI is InChI=1S/C17H19NO4/c19-17(18-11-13-5-3-9-20-13)15-7-1-2-8-16(15)22-12-14-6-4-10-21-14/h1-3,5,7-9,14H,4,6,10-12H2,(H,18,19). The van der Waals surface area contributed by atoms with E-state index in [9.17, 15) is 4.79 Å². The largest absolute Gasteiger partial charge is 0.490 e. The zero-order chi connectivity index (χ0) is 15.2. The molecule has 1 aromatic carbocycles. The maximum atomic E-state index is 12.3. The maximum Gasteiger partial charge on any atom is 0.255 e. The van der Waals surface area contributed by atoms with E-state index < -0.39 is 0 Å². The van der Waals surface area contributed by atoms with E-state index in [0.29, 0.717) is 30.2 Å². The Morgan fingerprint density at radius 2 is 2.18 bits per heavy atom. The Morgan fingerprint density at radius 3 is 2.95 bits per heavy atom. The summed E-state index contributed by atoms with van der Waals surface area (Å²) in [7, 11) is 0. The fraction of sp³-hybridized carbons (Fsp3) is 0.353. The molecule has 5 heteroatoms. The number of hydrogen-bond donors (Lipinski definition) is 1. The van der Waals surface area contributed by atoms with Gasteiger partial charge >= 0.3 is 0 Å². The summed E-state index contributed by atoms with van der Waals surface area (Å²) >= 11 is 0. The van der Waals surface area contributed by atoms with Crippen molar-refractivity contribution in [2.75, 3.05) is 13.2 Å². The number of benzene rings is 1. The first-order valence-corrected chi connectivity index (χ1v) is 7.47. The highest BCUT2D eigenvalue weighted by molar-refractivity contribution is 5.96. The van der Waals surface area contributed by atoms with Gasteiger partial charge in [-0.3, -0.25) is 4.79 Å². The van der Waals surface area contributed by atoms with Gasteiger partial charge in [0.1, 0.15) is 18.1 Å². The van der Waals surface area contributed by atoms with E-state index in [1.54, 1.807) is 24.5 Å². The second kappa shape index (κ2) is 7.13. The van der Waals surface area contributed by atoms with Crippen molar-refractivity contribution in [3.8, 4) is 5.75 Å². The third-order valence-corrected chi connectivity index (χ3v) is 3.58. The molecule has 1 aliphatic heterocycles. The molecule has 1 aromatic heterocycles. The Labute approximate surface area is 129 Å². The van der Waals surface area contributed by atoms with Crippen LogP contribution in [-0.2, 0) is 11.3 Å². The molecule has 1 N–H and O–H groups in total. The van der Waals surface area contributed by atoms with Crippen molar-refractivity contribution >= 4 is 5.91 Å². The van der Waals surface area contributed by atoms with Crippen molar-refractivity contribution in [1.29, 1.82) is 0 Å². The molecule has 0 radical (unpaired) electrons. The Hall–Kier alpha value is -2.27. The molecule has 1 unspecified atom stereocenters. The second-order valence-corrected chi connectivity index (χ2v) is 5.20. The van der Waals surface area contributed by atoms with Gasteiger partial charge in [-0.15, -0.1) is 0 Å². The van der Waals surface area contributed by atoms with Gasteiger partial charge in [-0.25, -0.2) is 0 Å². The lowest BCUT2D eigenvalue weighted by molar-refractivity contribution is 0.0670. The Kier molecular flexibility index (Phi) is 4.75. The van der Waals surface area contributed by atoms with E-state index in [2.05, 4.69) is 5.32 Å². The number of carbonyl (C=O) groups excluding carboxylic acids is 1. The third-order valence-electron chi connectivity index (χ3n) is 3.58. The van der Waals surface area contributed by atoms with Gasteiger partial charge in [0.15, 0.2) is 0 Å². The van der Waals surface area contributed by atoms with E-state index in [1.807, 2.05) is 18.2 Å². The van der Waals surface area contributed by atoms with E-state index in [0.717, 1.165) is 19.4 Å². The lowest BCUT2D eigenvalue weighted by Gasteiger charge is -2.14. The zero-order valence-corrected chi connectivity index (χ0v) is 12.3. The molecule has 1 amide bonds. The number of ether oxygens (including phenoxy) is 2. The molecule has 2 heterocycles. The molecule has 1 aliphatic rings. The lowest BCUT2D eigenvalue weighted by atomic mass is 10.2. The fourth-order valence-electron chi connectivity index (χ4n) is 2.41. The summed E-state index contributed by atoms with van der Waals surface area (Å²) < 4.78 is 16.5.